The molecule has 0 bridgehead atoms. The fourth-order valence-electron chi connectivity index (χ4n) is 1.79. The van der Waals surface area contributed by atoms with E-state index in [2.05, 4.69) is 15.5 Å². The summed E-state index contributed by atoms with van der Waals surface area (Å²) in [5.41, 5.74) is 0. The number of nitrogens with zero attached hydrogens (tertiary/aromatic N) is 1. The van der Waals surface area contributed by atoms with E-state index in [0.717, 1.165) is 50.9 Å². The standard InChI is InChI=1S/C11H19N3O/c1-10-2-3-11(15-10)8-13-9-14-6-4-12-5-7-14/h2-3,12-13H,4-9H2,1H3. The normalized spacial score (nSPS) is 18.2. The molecule has 15 heavy (non-hydrogen) atoms. The monoisotopic (exact) mass is 209 g/mol. The van der Waals surface area contributed by atoms with E-state index in [1.54, 1.807) is 0 Å². The van der Waals surface area contributed by atoms with Crippen LogP contribution in [0, 0.1) is 6.92 Å². The molecule has 0 spiro atoms. The molecule has 0 atom stereocenters. The van der Waals surface area contributed by atoms with Crippen LogP contribution in [-0.4, -0.2) is 37.7 Å². The number of hydrogen-bond donors (Lipinski definition) is 2. The third-order valence-electron chi connectivity index (χ3n) is 2.64. The zero-order chi connectivity index (χ0) is 10.5. The molecule has 2 heterocycles. The number of rotatable bonds is 4. The van der Waals surface area contributed by atoms with Gasteiger partial charge in [-0.1, -0.05) is 0 Å². The minimum atomic E-state index is 0.817. The molecule has 1 aliphatic rings. The Bertz CT molecular complexity index is 292. The fourth-order valence-corrected chi connectivity index (χ4v) is 1.79. The molecule has 1 fully saturated rings. The van der Waals surface area contributed by atoms with E-state index < -0.39 is 0 Å². The summed E-state index contributed by atoms with van der Waals surface area (Å²) in [5, 5.41) is 6.73. The fraction of sp³-hybridized carbons (Fsp3) is 0.636. The molecule has 2 N–H and O–H groups in total. The Morgan fingerprint density at radius 3 is 2.87 bits per heavy atom. The maximum absolute atomic E-state index is 5.48. The summed E-state index contributed by atoms with van der Waals surface area (Å²) >= 11 is 0. The van der Waals surface area contributed by atoms with Crippen LogP contribution < -0.4 is 10.6 Å². The summed E-state index contributed by atoms with van der Waals surface area (Å²) in [7, 11) is 0. The minimum Gasteiger partial charge on any atom is -0.465 e. The molecule has 0 unspecified atom stereocenters. The van der Waals surface area contributed by atoms with Gasteiger partial charge in [0.25, 0.3) is 0 Å². The summed E-state index contributed by atoms with van der Waals surface area (Å²) in [5.74, 6) is 2.00. The van der Waals surface area contributed by atoms with Gasteiger partial charge in [-0.25, -0.2) is 0 Å². The van der Waals surface area contributed by atoms with Crippen LogP contribution in [0.4, 0.5) is 0 Å². The maximum Gasteiger partial charge on any atom is 0.117 e. The van der Waals surface area contributed by atoms with Gasteiger partial charge in [0.2, 0.25) is 0 Å². The van der Waals surface area contributed by atoms with E-state index in [9.17, 15) is 0 Å². The van der Waals surface area contributed by atoms with Crippen LogP contribution in [0.3, 0.4) is 0 Å². The van der Waals surface area contributed by atoms with Crippen molar-refractivity contribution in [2.24, 2.45) is 0 Å². The SMILES string of the molecule is Cc1ccc(CNCN2CCNCC2)o1. The number of aryl methyl sites for hydroxylation is 1. The van der Waals surface area contributed by atoms with Crippen LogP contribution in [0.25, 0.3) is 0 Å². The first kappa shape index (κ1) is 10.7. The summed E-state index contributed by atoms with van der Waals surface area (Å²) in [6.45, 7) is 8.19. The number of piperazine rings is 1. The van der Waals surface area contributed by atoms with Crippen molar-refractivity contribution in [1.82, 2.24) is 15.5 Å². The minimum absolute atomic E-state index is 0.817. The van der Waals surface area contributed by atoms with E-state index in [1.165, 1.54) is 0 Å². The quantitative estimate of drug-likeness (QED) is 0.759. The maximum atomic E-state index is 5.48. The zero-order valence-electron chi connectivity index (χ0n) is 9.25. The van der Waals surface area contributed by atoms with Crippen molar-refractivity contribution in [1.29, 1.82) is 0 Å². The van der Waals surface area contributed by atoms with Crippen LogP contribution in [-0.2, 0) is 6.54 Å². The Labute approximate surface area is 90.6 Å². The average Bonchev–Trinajstić information content (AvgIpc) is 2.66. The second kappa shape index (κ2) is 5.30. The summed E-state index contributed by atoms with van der Waals surface area (Å²) < 4.78 is 5.48. The van der Waals surface area contributed by atoms with E-state index in [1.807, 2.05) is 19.1 Å². The molecule has 0 saturated carbocycles. The van der Waals surface area contributed by atoms with E-state index in [-0.39, 0.29) is 0 Å². The van der Waals surface area contributed by atoms with Crippen molar-refractivity contribution in [2.75, 3.05) is 32.8 Å². The molecule has 1 aromatic heterocycles. The molecule has 0 amide bonds. The van der Waals surface area contributed by atoms with Gasteiger partial charge in [0.1, 0.15) is 11.5 Å². The Kier molecular flexibility index (Phi) is 3.77. The second-order valence-electron chi connectivity index (χ2n) is 3.97. The van der Waals surface area contributed by atoms with E-state index >= 15 is 0 Å². The summed E-state index contributed by atoms with van der Waals surface area (Å²) in [6, 6.07) is 4.03. The highest BCUT2D eigenvalue weighted by Gasteiger charge is 2.08. The van der Waals surface area contributed by atoms with Crippen LogP contribution in [0.2, 0.25) is 0 Å². The molecule has 4 heteroatoms. The lowest BCUT2D eigenvalue weighted by molar-refractivity contribution is 0.220. The highest BCUT2D eigenvalue weighted by molar-refractivity contribution is 5.04. The van der Waals surface area contributed by atoms with E-state index in [4.69, 9.17) is 4.42 Å². The Morgan fingerprint density at radius 1 is 1.40 bits per heavy atom. The van der Waals surface area contributed by atoms with Gasteiger partial charge in [-0.15, -0.1) is 0 Å². The second-order valence-corrected chi connectivity index (χ2v) is 3.97. The predicted octanol–water partition coefficient (Wildman–Crippen LogP) is 0.540. The zero-order valence-corrected chi connectivity index (χ0v) is 9.25. The van der Waals surface area contributed by atoms with Crippen molar-refractivity contribution >= 4 is 0 Å². The highest BCUT2D eigenvalue weighted by Crippen LogP contribution is 2.05. The number of furan rings is 1. The molecule has 1 saturated heterocycles. The topological polar surface area (TPSA) is 40.4 Å². The first-order chi connectivity index (χ1) is 7.34. The van der Waals surface area contributed by atoms with Crippen LogP contribution in [0.15, 0.2) is 16.5 Å². The molecule has 1 aromatic rings. The Balaban J connectivity index is 1.65. The van der Waals surface area contributed by atoms with Gasteiger partial charge in [0, 0.05) is 32.8 Å². The summed E-state index contributed by atoms with van der Waals surface area (Å²) in [4.78, 5) is 2.41. The lowest BCUT2D eigenvalue weighted by Gasteiger charge is -2.27. The van der Waals surface area contributed by atoms with Crippen molar-refractivity contribution in [3.05, 3.63) is 23.7 Å². The Morgan fingerprint density at radius 2 is 2.20 bits per heavy atom. The van der Waals surface area contributed by atoms with Gasteiger partial charge in [0.15, 0.2) is 0 Å². The van der Waals surface area contributed by atoms with Crippen molar-refractivity contribution in [3.8, 4) is 0 Å². The van der Waals surface area contributed by atoms with Crippen LogP contribution in [0.5, 0.6) is 0 Å². The molecule has 0 radical (unpaired) electrons. The summed E-state index contributed by atoms with van der Waals surface area (Å²) in [6.07, 6.45) is 0. The van der Waals surface area contributed by atoms with Crippen molar-refractivity contribution in [2.45, 2.75) is 13.5 Å². The highest BCUT2D eigenvalue weighted by atomic mass is 16.3. The molecule has 0 aliphatic carbocycles. The Hall–Kier alpha value is -0.840. The third kappa shape index (κ3) is 3.34. The molecule has 0 aromatic carbocycles. The molecular weight excluding hydrogens is 190 g/mol. The van der Waals surface area contributed by atoms with Gasteiger partial charge in [0.05, 0.1) is 6.54 Å². The molecule has 4 nitrogen and oxygen atoms in total. The van der Waals surface area contributed by atoms with Crippen molar-refractivity contribution in [3.63, 3.8) is 0 Å². The van der Waals surface area contributed by atoms with Gasteiger partial charge >= 0.3 is 0 Å². The van der Waals surface area contributed by atoms with Gasteiger partial charge in [-0.3, -0.25) is 10.2 Å². The lowest BCUT2D eigenvalue weighted by atomic mass is 10.4. The molecule has 84 valence electrons. The lowest BCUT2D eigenvalue weighted by Crippen LogP contribution is -2.46. The smallest absolute Gasteiger partial charge is 0.117 e. The van der Waals surface area contributed by atoms with Crippen molar-refractivity contribution < 1.29 is 4.42 Å². The van der Waals surface area contributed by atoms with Crippen LogP contribution >= 0.6 is 0 Å². The van der Waals surface area contributed by atoms with Gasteiger partial charge < -0.3 is 9.73 Å². The molecule has 1 aliphatic heterocycles. The van der Waals surface area contributed by atoms with Crippen LogP contribution in [0.1, 0.15) is 11.5 Å². The third-order valence-corrected chi connectivity index (χ3v) is 2.64. The van der Waals surface area contributed by atoms with Gasteiger partial charge in [-0.05, 0) is 19.1 Å². The first-order valence-electron chi connectivity index (χ1n) is 5.54. The predicted molar refractivity (Wildman–Crippen MR) is 59.6 cm³/mol. The average molecular weight is 209 g/mol. The molecular formula is C11H19N3O. The number of nitrogens with one attached hydrogen (secondary N) is 2. The van der Waals surface area contributed by atoms with E-state index in [0.29, 0.717) is 0 Å². The van der Waals surface area contributed by atoms with Gasteiger partial charge in [-0.2, -0.15) is 0 Å². The number of hydrogen-bond acceptors (Lipinski definition) is 4. The molecule has 2 rings (SSSR count). The first-order valence-corrected chi connectivity index (χ1v) is 5.54. The largest absolute Gasteiger partial charge is 0.465 e.